The van der Waals surface area contributed by atoms with E-state index in [4.69, 9.17) is 4.42 Å². The lowest BCUT2D eigenvalue weighted by Crippen LogP contribution is -2.60. The van der Waals surface area contributed by atoms with Gasteiger partial charge in [-0.15, -0.1) is 0 Å². The van der Waals surface area contributed by atoms with Gasteiger partial charge in [-0.3, -0.25) is 0 Å². The molecule has 3 nitrogen and oxygen atoms in total. The largest absolute Gasteiger partial charge is 0.456 e. The van der Waals surface area contributed by atoms with E-state index < -0.39 is 0 Å². The van der Waals surface area contributed by atoms with Crippen LogP contribution in [0.15, 0.2) is 77.2 Å². The highest BCUT2D eigenvalue weighted by Gasteiger charge is 2.41. The van der Waals surface area contributed by atoms with Crippen molar-refractivity contribution in [2.24, 2.45) is 0 Å². The highest BCUT2D eigenvalue weighted by atomic mass is 16.3. The molecule has 0 atom stereocenters. The number of hydrogen-bond donors (Lipinski definition) is 0. The average Bonchev–Trinajstić information content (AvgIpc) is 3.33. The third-order valence-electron chi connectivity index (χ3n) is 8.03. The number of aromatic nitrogens is 1. The van der Waals surface area contributed by atoms with Crippen molar-refractivity contribution in [3.63, 3.8) is 0 Å². The highest BCUT2D eigenvalue weighted by Crippen LogP contribution is 2.38. The lowest BCUT2D eigenvalue weighted by atomic mass is 9.34. The number of rotatable bonds is 0. The molecule has 0 aliphatic carbocycles. The number of benzene rings is 4. The van der Waals surface area contributed by atoms with Crippen LogP contribution in [0.4, 0.5) is 11.4 Å². The van der Waals surface area contributed by atoms with Crippen molar-refractivity contribution in [2.45, 2.75) is 13.8 Å². The van der Waals surface area contributed by atoms with Crippen LogP contribution in [-0.2, 0) is 0 Å². The Morgan fingerprint density at radius 2 is 1.48 bits per heavy atom. The summed E-state index contributed by atoms with van der Waals surface area (Å²) in [7, 11) is 2.18. The summed E-state index contributed by atoms with van der Waals surface area (Å²) in [5, 5.41) is 3.73. The first-order chi connectivity index (χ1) is 16.1. The second-order valence-electron chi connectivity index (χ2n) is 9.50. The predicted molar refractivity (Wildman–Crippen MR) is 139 cm³/mol. The van der Waals surface area contributed by atoms with E-state index in [1.807, 2.05) is 6.07 Å². The van der Waals surface area contributed by atoms with Gasteiger partial charge in [-0.25, -0.2) is 0 Å². The van der Waals surface area contributed by atoms with Gasteiger partial charge in [0.05, 0.1) is 0 Å². The lowest BCUT2D eigenvalue weighted by molar-refractivity contribution is 0.669. The van der Waals surface area contributed by atoms with Crippen LogP contribution in [0, 0.1) is 13.8 Å². The topological polar surface area (TPSA) is 21.3 Å². The first-order valence-corrected chi connectivity index (χ1v) is 11.6. The summed E-state index contributed by atoms with van der Waals surface area (Å²) in [4.78, 5) is 2.34. The van der Waals surface area contributed by atoms with Gasteiger partial charge in [0.1, 0.15) is 11.2 Å². The molecule has 156 valence electrons. The van der Waals surface area contributed by atoms with Crippen LogP contribution in [0.25, 0.3) is 38.5 Å². The maximum Gasteiger partial charge on any atom is 0.252 e. The first kappa shape index (κ1) is 17.6. The summed E-state index contributed by atoms with van der Waals surface area (Å²) in [6.45, 7) is 4.70. The van der Waals surface area contributed by atoms with Crippen molar-refractivity contribution < 1.29 is 4.42 Å². The van der Waals surface area contributed by atoms with Crippen molar-refractivity contribution >= 4 is 67.3 Å². The van der Waals surface area contributed by atoms with Crippen LogP contribution >= 0.6 is 0 Å². The number of anilines is 2. The summed E-state index contributed by atoms with van der Waals surface area (Å²) in [5.74, 6) is 0. The number of nitrogens with zero attached hydrogens (tertiary/aromatic N) is 2. The smallest absolute Gasteiger partial charge is 0.252 e. The van der Waals surface area contributed by atoms with Gasteiger partial charge < -0.3 is 13.9 Å². The van der Waals surface area contributed by atoms with Crippen LogP contribution in [0.3, 0.4) is 0 Å². The fourth-order valence-corrected chi connectivity index (χ4v) is 6.41. The molecule has 4 aromatic carbocycles. The Kier molecular flexibility index (Phi) is 3.05. The van der Waals surface area contributed by atoms with E-state index >= 15 is 0 Å². The second kappa shape index (κ2) is 5.71. The van der Waals surface area contributed by atoms with Gasteiger partial charge in [-0.1, -0.05) is 48.5 Å². The molecule has 4 heterocycles. The van der Waals surface area contributed by atoms with E-state index in [1.54, 1.807) is 0 Å². The van der Waals surface area contributed by atoms with Gasteiger partial charge in [-0.05, 0) is 54.0 Å². The van der Waals surface area contributed by atoms with Crippen LogP contribution < -0.4 is 21.3 Å². The molecule has 0 spiro atoms. The van der Waals surface area contributed by atoms with Crippen molar-refractivity contribution in [2.75, 3.05) is 11.9 Å². The molecule has 6 aromatic rings. The standard InChI is InChI=1S/C29H21BN2O/c1-16-17(2)32-24-12-7-11-23-28(24)30(21-10-6-9-18(16)29(21)32)22-14-20-19-8-4-5-13-26(19)33-27(20)15-25(22)31(23)3/h4-15H,1-3H3. The number of furan rings is 1. The summed E-state index contributed by atoms with van der Waals surface area (Å²) in [5.41, 5.74) is 13.9. The number of para-hydroxylation sites is 2. The second-order valence-corrected chi connectivity index (χ2v) is 9.50. The van der Waals surface area contributed by atoms with E-state index in [2.05, 4.69) is 97.1 Å². The minimum Gasteiger partial charge on any atom is -0.456 e. The Hall–Kier alpha value is -3.92. The molecule has 0 fully saturated rings. The van der Waals surface area contributed by atoms with Gasteiger partial charge in [-0.2, -0.15) is 0 Å². The van der Waals surface area contributed by atoms with E-state index in [0.717, 1.165) is 11.2 Å². The molecular formula is C29H21BN2O. The van der Waals surface area contributed by atoms with E-state index in [1.165, 1.54) is 66.4 Å². The molecule has 0 N–H and O–H groups in total. The molecule has 33 heavy (non-hydrogen) atoms. The van der Waals surface area contributed by atoms with Crippen LogP contribution in [0.1, 0.15) is 11.3 Å². The molecule has 2 aliphatic heterocycles. The zero-order chi connectivity index (χ0) is 22.0. The number of aryl methyl sites for hydroxylation is 1. The predicted octanol–water partition coefficient (Wildman–Crippen LogP) is 5.06. The lowest BCUT2D eigenvalue weighted by Gasteiger charge is -2.38. The normalized spacial score (nSPS) is 13.8. The SMILES string of the molecule is Cc1c(C)n2c3c(cccc13)B1c3cc4c(cc3N(C)c3cccc-2c31)oc1ccccc14. The molecule has 0 unspecified atom stereocenters. The maximum absolute atomic E-state index is 6.26. The van der Waals surface area contributed by atoms with Gasteiger partial charge in [0.2, 0.25) is 0 Å². The fraction of sp³-hybridized carbons (Fsp3) is 0.103. The van der Waals surface area contributed by atoms with Crippen molar-refractivity contribution in [1.29, 1.82) is 0 Å². The molecule has 2 aliphatic rings. The zero-order valence-electron chi connectivity index (χ0n) is 18.8. The minimum absolute atomic E-state index is 0.199. The molecular weight excluding hydrogens is 403 g/mol. The third-order valence-corrected chi connectivity index (χ3v) is 8.03. The molecule has 4 heteroatoms. The molecule has 0 bridgehead atoms. The minimum atomic E-state index is 0.199. The van der Waals surface area contributed by atoms with Crippen molar-refractivity contribution in [3.8, 4) is 5.69 Å². The van der Waals surface area contributed by atoms with E-state index in [9.17, 15) is 0 Å². The van der Waals surface area contributed by atoms with Crippen LogP contribution in [0.5, 0.6) is 0 Å². The monoisotopic (exact) mass is 424 g/mol. The molecule has 0 radical (unpaired) electrons. The summed E-state index contributed by atoms with van der Waals surface area (Å²) < 4.78 is 8.75. The molecule has 0 amide bonds. The Morgan fingerprint density at radius 1 is 0.697 bits per heavy atom. The van der Waals surface area contributed by atoms with Crippen molar-refractivity contribution in [1.82, 2.24) is 4.57 Å². The van der Waals surface area contributed by atoms with Crippen LogP contribution in [-0.4, -0.2) is 18.3 Å². The summed E-state index contributed by atoms with van der Waals surface area (Å²) in [6, 6.07) is 26.6. The number of fused-ring (bicyclic) bond motifs is 7. The highest BCUT2D eigenvalue weighted by molar-refractivity contribution is 7.00. The van der Waals surface area contributed by atoms with Gasteiger partial charge in [0.15, 0.2) is 0 Å². The Balaban J connectivity index is 1.57. The summed E-state index contributed by atoms with van der Waals surface area (Å²) >= 11 is 0. The van der Waals surface area contributed by atoms with Gasteiger partial charge in [0, 0.05) is 57.5 Å². The molecule has 0 saturated carbocycles. The number of hydrogen-bond acceptors (Lipinski definition) is 2. The third kappa shape index (κ3) is 1.95. The molecule has 8 rings (SSSR count). The molecule has 0 saturated heterocycles. The quantitative estimate of drug-likeness (QED) is 0.318. The maximum atomic E-state index is 6.26. The molecule has 2 aromatic heterocycles. The van der Waals surface area contributed by atoms with Gasteiger partial charge in [0.25, 0.3) is 6.71 Å². The van der Waals surface area contributed by atoms with Crippen LogP contribution in [0.2, 0.25) is 0 Å². The zero-order valence-corrected chi connectivity index (χ0v) is 18.8. The fourth-order valence-electron chi connectivity index (χ4n) is 6.41. The Bertz CT molecular complexity index is 1820. The van der Waals surface area contributed by atoms with Gasteiger partial charge >= 0.3 is 0 Å². The van der Waals surface area contributed by atoms with Crippen molar-refractivity contribution in [3.05, 3.63) is 84.1 Å². The first-order valence-electron chi connectivity index (χ1n) is 11.6. The van der Waals surface area contributed by atoms with E-state index in [-0.39, 0.29) is 6.71 Å². The Morgan fingerprint density at radius 3 is 2.39 bits per heavy atom. The Labute approximate surface area is 191 Å². The average molecular weight is 424 g/mol. The van der Waals surface area contributed by atoms with E-state index in [0.29, 0.717) is 0 Å². The summed E-state index contributed by atoms with van der Waals surface area (Å²) in [6.07, 6.45) is 0.